The highest BCUT2D eigenvalue weighted by molar-refractivity contribution is 6.09. The van der Waals surface area contributed by atoms with E-state index in [1.807, 2.05) is 39.0 Å². The van der Waals surface area contributed by atoms with Crippen LogP contribution in [0, 0.1) is 25.7 Å². The zero-order chi connectivity index (χ0) is 20.8. The van der Waals surface area contributed by atoms with E-state index >= 15 is 0 Å². The lowest BCUT2D eigenvalue weighted by molar-refractivity contribution is -0.156. The van der Waals surface area contributed by atoms with Crippen LogP contribution in [-0.4, -0.2) is 51.1 Å². The van der Waals surface area contributed by atoms with Crippen LogP contribution in [0.4, 0.5) is 0 Å². The maximum atomic E-state index is 13.2. The quantitative estimate of drug-likeness (QED) is 0.639. The number of carbonyl (C=O) groups is 3. The molecular formula is C21H28N2O5. The molecule has 0 saturated carbocycles. The summed E-state index contributed by atoms with van der Waals surface area (Å²) in [6.07, 6.45) is 0.120. The van der Waals surface area contributed by atoms with Crippen molar-refractivity contribution in [1.82, 2.24) is 10.2 Å². The molecule has 2 aliphatic heterocycles. The molecule has 1 aromatic carbocycles. The second-order valence-corrected chi connectivity index (χ2v) is 8.02. The summed E-state index contributed by atoms with van der Waals surface area (Å²) in [7, 11) is 0. The summed E-state index contributed by atoms with van der Waals surface area (Å²) in [6.45, 7) is 7.41. The first-order valence-electron chi connectivity index (χ1n) is 9.78. The lowest BCUT2D eigenvalue weighted by atomic mass is 9.76. The van der Waals surface area contributed by atoms with Crippen molar-refractivity contribution in [2.24, 2.45) is 11.8 Å². The minimum Gasteiger partial charge on any atom is -0.480 e. The molecule has 0 aliphatic carbocycles. The number of nitrogens with zero attached hydrogens (tertiary/aromatic N) is 1. The third-order valence-electron chi connectivity index (χ3n) is 6.20. The van der Waals surface area contributed by atoms with Gasteiger partial charge < -0.3 is 10.2 Å². The van der Waals surface area contributed by atoms with Crippen molar-refractivity contribution in [3.05, 3.63) is 34.9 Å². The minimum atomic E-state index is -1.90. The van der Waals surface area contributed by atoms with Gasteiger partial charge in [0.05, 0.1) is 17.9 Å². The largest absolute Gasteiger partial charge is 0.480 e. The highest BCUT2D eigenvalue weighted by Crippen LogP contribution is 2.50. The summed E-state index contributed by atoms with van der Waals surface area (Å²) < 4.78 is 0. The lowest BCUT2D eigenvalue weighted by Gasteiger charge is -2.33. The Balaban J connectivity index is 2.16. The predicted molar refractivity (Wildman–Crippen MR) is 102 cm³/mol. The van der Waals surface area contributed by atoms with Gasteiger partial charge in [-0.3, -0.25) is 24.6 Å². The van der Waals surface area contributed by atoms with Crippen LogP contribution in [0.1, 0.15) is 49.4 Å². The number of rotatable bonds is 6. The Morgan fingerprint density at radius 2 is 1.96 bits per heavy atom. The Labute approximate surface area is 164 Å². The third kappa shape index (κ3) is 2.84. The van der Waals surface area contributed by atoms with E-state index in [0.717, 1.165) is 23.1 Å². The topological polar surface area (TPSA) is 107 Å². The highest BCUT2D eigenvalue weighted by Gasteiger charge is 2.70. The molecular weight excluding hydrogens is 360 g/mol. The van der Waals surface area contributed by atoms with Crippen LogP contribution in [0.5, 0.6) is 0 Å². The van der Waals surface area contributed by atoms with Crippen LogP contribution in [0.15, 0.2) is 18.2 Å². The van der Waals surface area contributed by atoms with Crippen molar-refractivity contribution in [2.45, 2.75) is 58.2 Å². The molecule has 0 aromatic heterocycles. The number of likely N-dealkylation sites (tertiary alicyclic amines) is 1. The number of carboxylic acid groups (broad SMARTS) is 1. The molecule has 0 bridgehead atoms. The first kappa shape index (κ1) is 20.5. The molecule has 2 saturated heterocycles. The Morgan fingerprint density at radius 1 is 1.29 bits per heavy atom. The maximum Gasteiger partial charge on any atom is 0.327 e. The van der Waals surface area contributed by atoms with Crippen molar-refractivity contribution < 1.29 is 24.6 Å². The monoisotopic (exact) mass is 388 g/mol. The van der Waals surface area contributed by atoms with Crippen molar-refractivity contribution in [2.75, 3.05) is 6.54 Å². The van der Waals surface area contributed by atoms with Gasteiger partial charge >= 0.3 is 5.97 Å². The fraction of sp³-hybridized carbons (Fsp3) is 0.571. The number of unbranched alkanes of at least 4 members (excludes halogenated alkanes) is 1. The van der Waals surface area contributed by atoms with Gasteiger partial charge in [-0.2, -0.15) is 0 Å². The predicted octanol–water partition coefficient (Wildman–Crippen LogP) is 1.55. The Bertz CT molecular complexity index is 821. The molecule has 28 heavy (non-hydrogen) atoms. The van der Waals surface area contributed by atoms with Gasteiger partial charge in [0.1, 0.15) is 0 Å². The summed E-state index contributed by atoms with van der Waals surface area (Å²) in [4.78, 5) is 39.9. The minimum absolute atomic E-state index is 0.274. The number of fused-ring (bicyclic) bond motifs is 1. The number of imide groups is 1. The molecule has 7 heteroatoms. The van der Waals surface area contributed by atoms with Crippen LogP contribution < -0.4 is 5.32 Å². The first-order valence-corrected chi connectivity index (χ1v) is 9.78. The molecule has 2 heterocycles. The number of hydrogen-bond acceptors (Lipinski definition) is 5. The first-order chi connectivity index (χ1) is 13.2. The zero-order valence-corrected chi connectivity index (χ0v) is 16.7. The molecule has 152 valence electrons. The molecule has 5 atom stereocenters. The van der Waals surface area contributed by atoms with E-state index in [9.17, 15) is 24.6 Å². The Hall–Kier alpha value is -2.25. The normalized spacial score (nSPS) is 30.6. The van der Waals surface area contributed by atoms with Crippen LogP contribution in [0.25, 0.3) is 0 Å². The van der Waals surface area contributed by atoms with Crippen molar-refractivity contribution >= 4 is 17.8 Å². The molecule has 2 fully saturated rings. The maximum absolute atomic E-state index is 13.2. The van der Waals surface area contributed by atoms with Crippen LogP contribution in [0.3, 0.4) is 0 Å². The number of carbonyl (C=O) groups excluding carboxylic acids is 2. The van der Waals surface area contributed by atoms with Crippen LogP contribution >= 0.6 is 0 Å². The second kappa shape index (κ2) is 7.29. The fourth-order valence-electron chi connectivity index (χ4n) is 4.66. The molecule has 7 nitrogen and oxygen atoms in total. The number of aliphatic hydroxyl groups excluding tert-OH is 1. The highest BCUT2D eigenvalue weighted by atomic mass is 16.4. The van der Waals surface area contributed by atoms with E-state index in [2.05, 4.69) is 5.32 Å². The number of hydrogen-bond donors (Lipinski definition) is 3. The van der Waals surface area contributed by atoms with Gasteiger partial charge in [-0.05, 0) is 38.3 Å². The van der Waals surface area contributed by atoms with Crippen LogP contribution in [0.2, 0.25) is 0 Å². The van der Waals surface area contributed by atoms with E-state index in [1.54, 1.807) is 0 Å². The number of amides is 2. The van der Waals surface area contributed by atoms with E-state index < -0.39 is 41.4 Å². The van der Waals surface area contributed by atoms with E-state index in [0.29, 0.717) is 6.42 Å². The number of aliphatic carboxylic acids is 1. The summed E-state index contributed by atoms with van der Waals surface area (Å²) >= 11 is 0. The van der Waals surface area contributed by atoms with Gasteiger partial charge in [0.25, 0.3) is 0 Å². The molecule has 2 aliphatic rings. The van der Waals surface area contributed by atoms with Gasteiger partial charge in [0.15, 0.2) is 5.54 Å². The van der Waals surface area contributed by atoms with Gasteiger partial charge in [-0.1, -0.05) is 37.1 Å². The number of nitrogens with one attached hydrogen (secondary N) is 1. The second-order valence-electron chi connectivity index (χ2n) is 8.02. The van der Waals surface area contributed by atoms with Crippen LogP contribution in [-0.2, 0) is 14.4 Å². The van der Waals surface area contributed by atoms with Crippen molar-refractivity contribution in [1.29, 1.82) is 0 Å². The lowest BCUT2D eigenvalue weighted by Crippen LogP contribution is -2.62. The number of benzene rings is 1. The van der Waals surface area contributed by atoms with E-state index in [-0.39, 0.29) is 12.5 Å². The molecule has 1 aromatic rings. The summed E-state index contributed by atoms with van der Waals surface area (Å²) in [6, 6.07) is 5.12. The smallest absolute Gasteiger partial charge is 0.327 e. The fourth-order valence-corrected chi connectivity index (χ4v) is 4.66. The zero-order valence-electron chi connectivity index (χ0n) is 16.7. The summed E-state index contributed by atoms with van der Waals surface area (Å²) in [5.74, 6) is -4.17. The molecule has 0 spiro atoms. The Morgan fingerprint density at radius 3 is 2.54 bits per heavy atom. The van der Waals surface area contributed by atoms with Gasteiger partial charge in [-0.25, -0.2) is 0 Å². The molecule has 5 unspecified atom stereocenters. The average molecular weight is 388 g/mol. The summed E-state index contributed by atoms with van der Waals surface area (Å²) in [5.41, 5.74) is 0.765. The average Bonchev–Trinajstić information content (AvgIpc) is 3.11. The number of carboxylic acids is 1. The molecule has 2 amide bonds. The number of aryl methyl sites for hydroxylation is 2. The molecule has 0 radical (unpaired) electrons. The van der Waals surface area contributed by atoms with E-state index in [4.69, 9.17) is 0 Å². The van der Waals surface area contributed by atoms with Crippen molar-refractivity contribution in [3.63, 3.8) is 0 Å². The van der Waals surface area contributed by atoms with E-state index in [1.165, 1.54) is 11.8 Å². The molecule has 3 rings (SSSR count). The molecule has 3 N–H and O–H groups in total. The van der Waals surface area contributed by atoms with Gasteiger partial charge in [0.2, 0.25) is 11.8 Å². The third-order valence-corrected chi connectivity index (χ3v) is 6.20. The van der Waals surface area contributed by atoms with Crippen molar-refractivity contribution in [3.8, 4) is 0 Å². The summed E-state index contributed by atoms with van der Waals surface area (Å²) in [5, 5.41) is 23.5. The number of aliphatic hydroxyl groups is 1. The Kier molecular flexibility index (Phi) is 5.34. The SMILES string of the molecule is CCCCN1C(=O)C2C(c3cc(C)ccc3C)NC(C(=O)O)(C(C)O)C2C1=O. The van der Waals surface area contributed by atoms with Gasteiger partial charge in [0, 0.05) is 12.6 Å². The standard InChI is InChI=1S/C21H28N2O5/c1-5-6-9-23-18(25)15-16(19(23)26)21(13(4)24,20(27)28)22-17(15)14-10-11(2)7-8-12(14)3/h7-8,10,13,15-17,22,24H,5-6,9H2,1-4H3,(H,27,28). The van der Waals surface area contributed by atoms with Gasteiger partial charge in [-0.15, -0.1) is 0 Å².